The Kier molecular flexibility index (Phi) is 4.59. The molecule has 0 aromatic carbocycles. The van der Waals surface area contributed by atoms with Gasteiger partial charge in [-0.25, -0.2) is 0 Å². The van der Waals surface area contributed by atoms with E-state index < -0.39 is 0 Å². The first-order chi connectivity index (χ1) is 6.72. The van der Waals surface area contributed by atoms with E-state index >= 15 is 0 Å². The molecule has 0 aliphatic carbocycles. The van der Waals surface area contributed by atoms with Gasteiger partial charge < -0.3 is 9.84 Å². The summed E-state index contributed by atoms with van der Waals surface area (Å²) >= 11 is 0. The fourth-order valence-electron chi connectivity index (χ4n) is 1.09. The van der Waals surface area contributed by atoms with Crippen molar-refractivity contribution in [1.82, 2.24) is 15.5 Å². The van der Waals surface area contributed by atoms with Crippen molar-refractivity contribution >= 4 is 0 Å². The van der Waals surface area contributed by atoms with Crippen LogP contribution in [0, 0.1) is 0 Å². The fraction of sp³-hybridized carbons (Fsp3) is 0.800. The molecular formula is C10H19N3O. The van der Waals surface area contributed by atoms with E-state index in [4.69, 9.17) is 4.52 Å². The number of rotatable bonds is 6. The molecule has 0 unspecified atom stereocenters. The van der Waals surface area contributed by atoms with Gasteiger partial charge in [0.1, 0.15) is 0 Å². The van der Waals surface area contributed by atoms with Crippen LogP contribution in [0.2, 0.25) is 0 Å². The first-order valence-corrected chi connectivity index (χ1v) is 5.27. The van der Waals surface area contributed by atoms with Gasteiger partial charge in [-0.1, -0.05) is 32.3 Å². The number of aromatic nitrogens is 2. The summed E-state index contributed by atoms with van der Waals surface area (Å²) in [5.41, 5.74) is 0. The Balaban J connectivity index is 2.35. The Bertz CT molecular complexity index is 258. The Labute approximate surface area is 85.1 Å². The van der Waals surface area contributed by atoms with E-state index in [2.05, 4.69) is 36.2 Å². The maximum Gasteiger partial charge on any atom is 0.240 e. The van der Waals surface area contributed by atoms with Crippen molar-refractivity contribution in [2.75, 3.05) is 0 Å². The first kappa shape index (κ1) is 11.2. The lowest BCUT2D eigenvalue weighted by Gasteiger charge is -2.02. The van der Waals surface area contributed by atoms with E-state index in [9.17, 15) is 0 Å². The summed E-state index contributed by atoms with van der Waals surface area (Å²) < 4.78 is 5.09. The second-order valence-corrected chi connectivity index (χ2v) is 3.74. The minimum Gasteiger partial charge on any atom is -0.338 e. The van der Waals surface area contributed by atoms with Crippen LogP contribution in [0.4, 0.5) is 0 Å². The van der Waals surface area contributed by atoms with Gasteiger partial charge in [-0.2, -0.15) is 4.98 Å². The van der Waals surface area contributed by atoms with Crippen LogP contribution in [0.1, 0.15) is 45.3 Å². The van der Waals surface area contributed by atoms with Gasteiger partial charge in [0.2, 0.25) is 5.89 Å². The van der Waals surface area contributed by atoms with Gasteiger partial charge in [0, 0.05) is 12.5 Å². The molecule has 1 aromatic heterocycles. The highest BCUT2D eigenvalue weighted by molar-refractivity contribution is 4.86. The van der Waals surface area contributed by atoms with E-state index in [0.29, 0.717) is 18.5 Å². The van der Waals surface area contributed by atoms with E-state index in [1.54, 1.807) is 0 Å². The molecule has 0 aliphatic rings. The molecule has 0 saturated heterocycles. The summed E-state index contributed by atoms with van der Waals surface area (Å²) in [5, 5.41) is 7.14. The highest BCUT2D eigenvalue weighted by Gasteiger charge is 2.05. The van der Waals surface area contributed by atoms with Crippen LogP contribution in [0.5, 0.6) is 0 Å². The molecule has 1 rings (SSSR count). The van der Waals surface area contributed by atoms with E-state index in [1.807, 2.05) is 0 Å². The molecule has 0 spiro atoms. The van der Waals surface area contributed by atoms with Crippen molar-refractivity contribution in [1.29, 1.82) is 0 Å². The summed E-state index contributed by atoms with van der Waals surface area (Å²) in [5.74, 6) is 1.51. The molecule has 0 amide bonds. The molecule has 1 N–H and O–H groups in total. The largest absolute Gasteiger partial charge is 0.338 e. The number of hydrogen-bond acceptors (Lipinski definition) is 4. The number of unbranched alkanes of at least 4 members (excludes halogenated alkanes) is 1. The van der Waals surface area contributed by atoms with Crippen LogP contribution in [0.3, 0.4) is 0 Å². The number of aryl methyl sites for hydroxylation is 1. The number of hydrogen-bond donors (Lipinski definition) is 1. The van der Waals surface area contributed by atoms with Crippen molar-refractivity contribution in [3.63, 3.8) is 0 Å². The highest BCUT2D eigenvalue weighted by atomic mass is 16.5. The maximum atomic E-state index is 5.09. The predicted octanol–water partition coefficient (Wildman–Crippen LogP) is 1.91. The zero-order valence-electron chi connectivity index (χ0n) is 9.21. The lowest BCUT2D eigenvalue weighted by atomic mass is 10.2. The summed E-state index contributed by atoms with van der Waals surface area (Å²) in [6, 6.07) is 0.445. The average Bonchev–Trinajstić information content (AvgIpc) is 2.59. The topological polar surface area (TPSA) is 51.0 Å². The van der Waals surface area contributed by atoms with Crippen LogP contribution >= 0.6 is 0 Å². The van der Waals surface area contributed by atoms with Gasteiger partial charge in [0.25, 0.3) is 0 Å². The molecule has 0 fully saturated rings. The minimum absolute atomic E-state index is 0.445. The third-order valence-corrected chi connectivity index (χ3v) is 1.93. The smallest absolute Gasteiger partial charge is 0.240 e. The van der Waals surface area contributed by atoms with Crippen molar-refractivity contribution in [3.05, 3.63) is 11.7 Å². The third-order valence-electron chi connectivity index (χ3n) is 1.93. The second-order valence-electron chi connectivity index (χ2n) is 3.74. The summed E-state index contributed by atoms with van der Waals surface area (Å²) in [6.07, 6.45) is 3.20. The fourth-order valence-corrected chi connectivity index (χ4v) is 1.09. The van der Waals surface area contributed by atoms with Gasteiger partial charge in [-0.05, 0) is 6.42 Å². The lowest BCUT2D eigenvalue weighted by molar-refractivity contribution is 0.357. The minimum atomic E-state index is 0.445. The van der Waals surface area contributed by atoms with Crippen molar-refractivity contribution < 1.29 is 4.52 Å². The molecule has 1 aromatic rings. The van der Waals surface area contributed by atoms with Crippen LogP contribution in [-0.2, 0) is 13.0 Å². The van der Waals surface area contributed by atoms with Crippen molar-refractivity contribution in [2.45, 2.75) is 52.6 Å². The molecular weight excluding hydrogens is 178 g/mol. The van der Waals surface area contributed by atoms with Gasteiger partial charge in [0.05, 0.1) is 6.54 Å². The molecule has 4 heteroatoms. The van der Waals surface area contributed by atoms with Gasteiger partial charge >= 0.3 is 0 Å². The quantitative estimate of drug-likeness (QED) is 0.756. The monoisotopic (exact) mass is 197 g/mol. The molecule has 4 nitrogen and oxygen atoms in total. The zero-order chi connectivity index (χ0) is 10.4. The van der Waals surface area contributed by atoms with E-state index in [0.717, 1.165) is 25.1 Å². The van der Waals surface area contributed by atoms with Crippen LogP contribution < -0.4 is 5.32 Å². The van der Waals surface area contributed by atoms with Gasteiger partial charge in [-0.3, -0.25) is 0 Å². The Morgan fingerprint density at radius 3 is 2.86 bits per heavy atom. The Hall–Kier alpha value is -0.900. The maximum absolute atomic E-state index is 5.09. The SMILES string of the molecule is CCCCc1noc(CNC(C)C)n1. The summed E-state index contributed by atoms with van der Waals surface area (Å²) in [4.78, 5) is 4.28. The van der Waals surface area contributed by atoms with E-state index in [1.165, 1.54) is 0 Å². The van der Waals surface area contributed by atoms with E-state index in [-0.39, 0.29) is 0 Å². The Morgan fingerprint density at radius 1 is 1.43 bits per heavy atom. The standard InChI is InChI=1S/C10H19N3O/c1-4-5-6-9-12-10(14-13-9)7-11-8(2)3/h8,11H,4-7H2,1-3H3. The third kappa shape index (κ3) is 3.87. The molecule has 0 aliphatic heterocycles. The predicted molar refractivity (Wildman–Crippen MR) is 54.9 cm³/mol. The molecule has 0 bridgehead atoms. The number of nitrogens with zero attached hydrogens (tertiary/aromatic N) is 2. The average molecular weight is 197 g/mol. The lowest BCUT2D eigenvalue weighted by Crippen LogP contribution is -2.21. The van der Waals surface area contributed by atoms with Crippen LogP contribution in [0.25, 0.3) is 0 Å². The van der Waals surface area contributed by atoms with Crippen LogP contribution in [-0.4, -0.2) is 16.2 Å². The summed E-state index contributed by atoms with van der Waals surface area (Å²) in [7, 11) is 0. The molecule has 0 saturated carbocycles. The molecule has 14 heavy (non-hydrogen) atoms. The first-order valence-electron chi connectivity index (χ1n) is 5.27. The summed E-state index contributed by atoms with van der Waals surface area (Å²) in [6.45, 7) is 7.00. The number of nitrogens with one attached hydrogen (secondary N) is 1. The normalized spacial score (nSPS) is 11.1. The van der Waals surface area contributed by atoms with Gasteiger partial charge in [0.15, 0.2) is 5.82 Å². The van der Waals surface area contributed by atoms with Crippen molar-refractivity contribution in [3.8, 4) is 0 Å². The van der Waals surface area contributed by atoms with Crippen LogP contribution in [0.15, 0.2) is 4.52 Å². The molecule has 80 valence electrons. The highest BCUT2D eigenvalue weighted by Crippen LogP contribution is 2.01. The second kappa shape index (κ2) is 5.75. The molecule has 1 heterocycles. The molecule has 0 atom stereocenters. The van der Waals surface area contributed by atoms with Gasteiger partial charge in [-0.15, -0.1) is 0 Å². The molecule has 0 radical (unpaired) electrons. The van der Waals surface area contributed by atoms with Crippen molar-refractivity contribution in [2.24, 2.45) is 0 Å². The Morgan fingerprint density at radius 2 is 2.21 bits per heavy atom. The zero-order valence-corrected chi connectivity index (χ0v) is 9.21.